The average Bonchev–Trinajstić information content (AvgIpc) is 2.67. The minimum absolute atomic E-state index is 0.180. The minimum atomic E-state index is -1.27. The smallest absolute Gasteiger partial charge is 0.405 e. The molecule has 0 aliphatic heterocycles. The van der Waals surface area contributed by atoms with Crippen molar-refractivity contribution >= 4 is 12.1 Å². The van der Waals surface area contributed by atoms with Crippen LogP contribution in [0.3, 0.4) is 0 Å². The van der Waals surface area contributed by atoms with Crippen molar-refractivity contribution in [3.05, 3.63) is 18.2 Å². The number of esters is 1. The predicted octanol–water partition coefficient (Wildman–Crippen LogP) is -0.239. The van der Waals surface area contributed by atoms with E-state index in [9.17, 15) is 9.59 Å². The van der Waals surface area contributed by atoms with Crippen LogP contribution in [0.2, 0.25) is 0 Å². The monoisotopic (exact) mass is 213 g/mol. The molecule has 0 aliphatic rings. The van der Waals surface area contributed by atoms with Gasteiger partial charge in [-0.25, -0.2) is 14.6 Å². The van der Waals surface area contributed by atoms with Crippen molar-refractivity contribution in [3.63, 3.8) is 0 Å². The third-order valence-electron chi connectivity index (χ3n) is 1.76. The summed E-state index contributed by atoms with van der Waals surface area (Å²) in [5.41, 5.74) is 0.652. The number of carboxylic acid groups (broad SMARTS) is 1. The quantitative estimate of drug-likeness (QED) is 0.599. The Morgan fingerprint density at radius 1 is 1.73 bits per heavy atom. The number of imidazole rings is 1. The maximum Gasteiger partial charge on any atom is 0.405 e. The number of carbonyl (C=O) groups excluding carboxylic acids is 1. The number of rotatable bonds is 4. The second-order valence-electron chi connectivity index (χ2n) is 2.81. The molecular weight excluding hydrogens is 202 g/mol. The van der Waals surface area contributed by atoms with Gasteiger partial charge in [-0.05, 0) is 0 Å². The molecule has 15 heavy (non-hydrogen) atoms. The highest BCUT2D eigenvalue weighted by Gasteiger charge is 2.21. The molecule has 1 aromatic heterocycles. The molecule has 3 N–H and O–H groups in total. The highest BCUT2D eigenvalue weighted by atomic mass is 16.5. The molecule has 1 aromatic rings. The summed E-state index contributed by atoms with van der Waals surface area (Å²) in [6.07, 6.45) is 1.87. The molecule has 0 spiro atoms. The van der Waals surface area contributed by atoms with Crippen LogP contribution in [-0.4, -0.2) is 40.3 Å². The average molecular weight is 213 g/mol. The maximum absolute atomic E-state index is 11.2. The van der Waals surface area contributed by atoms with Crippen LogP contribution in [0, 0.1) is 0 Å². The Bertz CT molecular complexity index is 336. The number of amides is 1. The highest BCUT2D eigenvalue weighted by Crippen LogP contribution is 2.00. The van der Waals surface area contributed by atoms with Gasteiger partial charge >= 0.3 is 12.1 Å². The lowest BCUT2D eigenvalue weighted by atomic mass is 10.2. The summed E-state index contributed by atoms with van der Waals surface area (Å²) in [4.78, 5) is 28.1. The summed E-state index contributed by atoms with van der Waals surface area (Å²) in [5.74, 6) is -0.632. The number of ether oxygens (including phenoxy) is 1. The first-order valence-electron chi connectivity index (χ1n) is 4.18. The van der Waals surface area contributed by atoms with Gasteiger partial charge in [-0.1, -0.05) is 0 Å². The van der Waals surface area contributed by atoms with Gasteiger partial charge in [0.05, 0.1) is 13.4 Å². The highest BCUT2D eigenvalue weighted by molar-refractivity contribution is 5.80. The fraction of sp³-hybridized carbons (Fsp3) is 0.375. The van der Waals surface area contributed by atoms with E-state index in [1.54, 1.807) is 0 Å². The zero-order chi connectivity index (χ0) is 11.3. The van der Waals surface area contributed by atoms with Crippen LogP contribution >= 0.6 is 0 Å². The Balaban J connectivity index is 2.64. The van der Waals surface area contributed by atoms with Gasteiger partial charge < -0.3 is 20.1 Å². The molecule has 0 saturated carbocycles. The summed E-state index contributed by atoms with van der Waals surface area (Å²) in [6.45, 7) is 0. The van der Waals surface area contributed by atoms with E-state index in [0.717, 1.165) is 0 Å². The number of nitrogens with one attached hydrogen (secondary N) is 2. The van der Waals surface area contributed by atoms with E-state index in [4.69, 9.17) is 5.11 Å². The van der Waals surface area contributed by atoms with E-state index >= 15 is 0 Å². The van der Waals surface area contributed by atoms with Crippen molar-refractivity contribution in [2.75, 3.05) is 7.11 Å². The van der Waals surface area contributed by atoms with Crippen LogP contribution < -0.4 is 5.32 Å². The third kappa shape index (κ3) is 3.29. The molecule has 1 amide bonds. The first kappa shape index (κ1) is 11.0. The Labute approximate surface area is 85.5 Å². The summed E-state index contributed by atoms with van der Waals surface area (Å²) in [5, 5.41) is 10.6. The fourth-order valence-corrected chi connectivity index (χ4v) is 1.10. The van der Waals surface area contributed by atoms with Gasteiger partial charge in [0.2, 0.25) is 0 Å². The zero-order valence-electron chi connectivity index (χ0n) is 8.06. The van der Waals surface area contributed by atoms with E-state index < -0.39 is 18.1 Å². The molecular formula is C8H11N3O4. The van der Waals surface area contributed by atoms with Crippen LogP contribution in [0.5, 0.6) is 0 Å². The molecule has 1 unspecified atom stereocenters. The third-order valence-corrected chi connectivity index (χ3v) is 1.76. The van der Waals surface area contributed by atoms with Crippen molar-refractivity contribution in [1.29, 1.82) is 0 Å². The molecule has 1 heterocycles. The maximum atomic E-state index is 11.2. The predicted molar refractivity (Wildman–Crippen MR) is 49.3 cm³/mol. The number of hydrogen-bond donors (Lipinski definition) is 3. The lowest BCUT2D eigenvalue weighted by Gasteiger charge is -2.12. The van der Waals surface area contributed by atoms with Crippen LogP contribution in [0.25, 0.3) is 0 Å². The molecule has 0 aromatic carbocycles. The summed E-state index contributed by atoms with van der Waals surface area (Å²) in [6, 6.07) is -0.923. The van der Waals surface area contributed by atoms with Gasteiger partial charge in [-0.2, -0.15) is 0 Å². The molecule has 7 heteroatoms. The lowest BCUT2D eigenvalue weighted by Crippen LogP contribution is -2.42. The van der Waals surface area contributed by atoms with E-state index in [2.05, 4.69) is 20.0 Å². The molecule has 0 aliphatic carbocycles. The van der Waals surface area contributed by atoms with Gasteiger partial charge in [0.1, 0.15) is 6.04 Å². The summed E-state index contributed by atoms with van der Waals surface area (Å²) in [7, 11) is 1.20. The largest absolute Gasteiger partial charge is 0.467 e. The van der Waals surface area contributed by atoms with Crippen molar-refractivity contribution in [3.8, 4) is 0 Å². The molecule has 0 radical (unpaired) electrons. The molecule has 7 nitrogen and oxygen atoms in total. The first-order valence-corrected chi connectivity index (χ1v) is 4.18. The second kappa shape index (κ2) is 4.99. The Hall–Kier alpha value is -2.05. The van der Waals surface area contributed by atoms with Gasteiger partial charge in [0.15, 0.2) is 0 Å². The number of methoxy groups -OCH3 is 1. The minimum Gasteiger partial charge on any atom is -0.467 e. The number of aromatic amines is 1. The normalized spacial score (nSPS) is 11.8. The van der Waals surface area contributed by atoms with Gasteiger partial charge in [0.25, 0.3) is 0 Å². The fourth-order valence-electron chi connectivity index (χ4n) is 1.10. The molecule has 82 valence electrons. The number of carbonyl (C=O) groups is 2. The van der Waals surface area contributed by atoms with Crippen LogP contribution in [0.1, 0.15) is 5.69 Å². The summed E-state index contributed by atoms with van der Waals surface area (Å²) < 4.78 is 4.46. The van der Waals surface area contributed by atoms with Gasteiger partial charge in [-0.3, -0.25) is 0 Å². The molecule has 1 atom stereocenters. The van der Waals surface area contributed by atoms with E-state index in [0.29, 0.717) is 5.69 Å². The molecule has 0 bridgehead atoms. The zero-order valence-corrected chi connectivity index (χ0v) is 8.06. The number of nitrogens with zero attached hydrogens (tertiary/aromatic N) is 1. The second-order valence-corrected chi connectivity index (χ2v) is 2.81. The van der Waals surface area contributed by atoms with E-state index in [-0.39, 0.29) is 6.42 Å². The number of hydrogen-bond acceptors (Lipinski definition) is 4. The van der Waals surface area contributed by atoms with Gasteiger partial charge in [0, 0.05) is 18.3 Å². The topological polar surface area (TPSA) is 104 Å². The SMILES string of the molecule is COC(=O)C(Cc1cnc[nH]1)NC(=O)O. The van der Waals surface area contributed by atoms with Crippen molar-refractivity contribution in [1.82, 2.24) is 15.3 Å². The van der Waals surface area contributed by atoms with E-state index in [1.165, 1.54) is 19.6 Å². The Morgan fingerprint density at radius 2 is 2.47 bits per heavy atom. The van der Waals surface area contributed by atoms with E-state index in [1.807, 2.05) is 0 Å². The summed E-state index contributed by atoms with van der Waals surface area (Å²) >= 11 is 0. The Morgan fingerprint density at radius 3 is 2.93 bits per heavy atom. The number of H-pyrrole nitrogens is 1. The molecule has 0 saturated heterocycles. The first-order chi connectivity index (χ1) is 7.13. The van der Waals surface area contributed by atoms with Crippen molar-refractivity contribution in [2.24, 2.45) is 0 Å². The standard InChI is InChI=1S/C8H11N3O4/c1-15-7(12)6(11-8(13)14)2-5-3-9-4-10-5/h3-4,6,11H,2H2,1H3,(H,9,10)(H,13,14). The van der Waals surface area contributed by atoms with Crippen molar-refractivity contribution < 1.29 is 19.4 Å². The molecule has 0 fully saturated rings. The number of aromatic nitrogens is 2. The van der Waals surface area contributed by atoms with Crippen LogP contribution in [0.15, 0.2) is 12.5 Å². The van der Waals surface area contributed by atoms with Gasteiger partial charge in [-0.15, -0.1) is 0 Å². The molecule has 1 rings (SSSR count). The lowest BCUT2D eigenvalue weighted by molar-refractivity contribution is -0.142. The van der Waals surface area contributed by atoms with Crippen molar-refractivity contribution in [2.45, 2.75) is 12.5 Å². The Kier molecular flexibility index (Phi) is 3.67. The van der Waals surface area contributed by atoms with Crippen LogP contribution in [0.4, 0.5) is 4.79 Å². The van der Waals surface area contributed by atoms with Crippen LogP contribution in [-0.2, 0) is 16.0 Å².